The SMILES string of the molecule is CC(C)c1noc(CCC(=O)Nc2cccc(OCC(=O)O)c2)n1. The maximum absolute atomic E-state index is 12.0. The van der Waals surface area contributed by atoms with E-state index in [0.29, 0.717) is 29.6 Å². The Morgan fingerprint density at radius 2 is 2.17 bits per heavy atom. The van der Waals surface area contributed by atoms with E-state index in [1.165, 1.54) is 0 Å². The van der Waals surface area contributed by atoms with Gasteiger partial charge in [-0.25, -0.2) is 4.79 Å². The average Bonchev–Trinajstić information content (AvgIpc) is 3.01. The number of carboxylic acid groups (broad SMARTS) is 1. The van der Waals surface area contributed by atoms with E-state index in [-0.39, 0.29) is 18.2 Å². The first-order chi connectivity index (χ1) is 11.4. The molecule has 1 aromatic heterocycles. The Morgan fingerprint density at radius 1 is 1.38 bits per heavy atom. The summed E-state index contributed by atoms with van der Waals surface area (Å²) >= 11 is 0. The molecule has 2 aromatic rings. The topological polar surface area (TPSA) is 115 Å². The third kappa shape index (κ3) is 5.38. The Bertz CT molecular complexity index is 711. The maximum atomic E-state index is 12.0. The molecule has 0 saturated heterocycles. The number of nitrogens with one attached hydrogen (secondary N) is 1. The van der Waals surface area contributed by atoms with Crippen molar-refractivity contribution in [2.45, 2.75) is 32.6 Å². The Kier molecular flexibility index (Phi) is 5.89. The second kappa shape index (κ2) is 8.09. The molecular weight excluding hydrogens is 314 g/mol. The van der Waals surface area contributed by atoms with Gasteiger partial charge in [-0.2, -0.15) is 4.98 Å². The molecule has 1 aromatic carbocycles. The monoisotopic (exact) mass is 333 g/mol. The lowest BCUT2D eigenvalue weighted by Gasteiger charge is -2.07. The van der Waals surface area contributed by atoms with Crippen molar-refractivity contribution < 1.29 is 24.0 Å². The Balaban J connectivity index is 1.85. The normalized spacial score (nSPS) is 10.6. The summed E-state index contributed by atoms with van der Waals surface area (Å²) in [5, 5.41) is 15.1. The number of carboxylic acids is 1. The summed E-state index contributed by atoms with van der Waals surface area (Å²) in [4.78, 5) is 26.7. The zero-order valence-electron chi connectivity index (χ0n) is 13.5. The molecule has 1 heterocycles. The highest BCUT2D eigenvalue weighted by molar-refractivity contribution is 5.90. The van der Waals surface area contributed by atoms with Crippen molar-refractivity contribution in [2.75, 3.05) is 11.9 Å². The number of rotatable bonds is 8. The summed E-state index contributed by atoms with van der Waals surface area (Å²) in [6, 6.07) is 6.53. The van der Waals surface area contributed by atoms with Gasteiger partial charge in [-0.05, 0) is 12.1 Å². The van der Waals surface area contributed by atoms with E-state index >= 15 is 0 Å². The summed E-state index contributed by atoms with van der Waals surface area (Å²) in [6.45, 7) is 3.48. The third-order valence-electron chi connectivity index (χ3n) is 3.05. The van der Waals surface area contributed by atoms with Crippen molar-refractivity contribution in [3.63, 3.8) is 0 Å². The molecule has 2 N–H and O–H groups in total. The van der Waals surface area contributed by atoms with Crippen LogP contribution in [0.4, 0.5) is 5.69 Å². The fourth-order valence-electron chi connectivity index (χ4n) is 1.86. The number of nitrogens with zero attached hydrogens (tertiary/aromatic N) is 2. The predicted molar refractivity (Wildman–Crippen MR) is 84.9 cm³/mol. The highest BCUT2D eigenvalue weighted by Gasteiger charge is 2.11. The first-order valence-electron chi connectivity index (χ1n) is 7.51. The summed E-state index contributed by atoms with van der Waals surface area (Å²) < 4.78 is 10.1. The fourth-order valence-corrected chi connectivity index (χ4v) is 1.86. The van der Waals surface area contributed by atoms with Crippen molar-refractivity contribution in [3.05, 3.63) is 36.0 Å². The van der Waals surface area contributed by atoms with Gasteiger partial charge < -0.3 is 19.7 Å². The number of aliphatic carboxylic acids is 1. The molecule has 8 heteroatoms. The van der Waals surface area contributed by atoms with Crippen molar-refractivity contribution in [3.8, 4) is 5.75 Å². The molecule has 0 atom stereocenters. The van der Waals surface area contributed by atoms with E-state index in [2.05, 4.69) is 15.5 Å². The van der Waals surface area contributed by atoms with Gasteiger partial charge in [0.15, 0.2) is 12.4 Å². The number of carbonyl (C=O) groups is 2. The van der Waals surface area contributed by atoms with Gasteiger partial charge in [0.2, 0.25) is 11.8 Å². The molecule has 128 valence electrons. The van der Waals surface area contributed by atoms with Gasteiger partial charge in [-0.1, -0.05) is 25.1 Å². The lowest BCUT2D eigenvalue weighted by Crippen LogP contribution is -2.13. The molecule has 8 nitrogen and oxygen atoms in total. The van der Waals surface area contributed by atoms with Crippen LogP contribution in [0.5, 0.6) is 5.75 Å². The van der Waals surface area contributed by atoms with Crippen molar-refractivity contribution >= 4 is 17.6 Å². The fraction of sp³-hybridized carbons (Fsp3) is 0.375. The zero-order chi connectivity index (χ0) is 17.5. The van der Waals surface area contributed by atoms with E-state index in [1.54, 1.807) is 24.3 Å². The molecule has 0 aliphatic rings. The minimum absolute atomic E-state index is 0.171. The minimum atomic E-state index is -1.07. The van der Waals surface area contributed by atoms with Gasteiger partial charge in [0.05, 0.1) is 0 Å². The molecule has 0 aliphatic carbocycles. The second-order valence-corrected chi connectivity index (χ2v) is 5.46. The van der Waals surface area contributed by atoms with Gasteiger partial charge >= 0.3 is 5.97 Å². The molecule has 0 spiro atoms. The number of benzene rings is 1. The molecule has 0 aliphatic heterocycles. The molecule has 24 heavy (non-hydrogen) atoms. The van der Waals surface area contributed by atoms with Crippen LogP contribution in [-0.4, -0.2) is 33.7 Å². The number of aromatic nitrogens is 2. The first-order valence-corrected chi connectivity index (χ1v) is 7.51. The lowest BCUT2D eigenvalue weighted by atomic mass is 10.2. The molecule has 1 amide bonds. The van der Waals surface area contributed by atoms with Crippen LogP contribution < -0.4 is 10.1 Å². The van der Waals surface area contributed by atoms with Gasteiger partial charge in [-0.3, -0.25) is 4.79 Å². The van der Waals surface area contributed by atoms with Gasteiger partial charge in [0.25, 0.3) is 0 Å². The highest BCUT2D eigenvalue weighted by Crippen LogP contribution is 2.18. The minimum Gasteiger partial charge on any atom is -0.482 e. The van der Waals surface area contributed by atoms with E-state index in [1.807, 2.05) is 13.8 Å². The Labute approximate surface area is 138 Å². The molecule has 0 radical (unpaired) electrons. The maximum Gasteiger partial charge on any atom is 0.341 e. The molecule has 0 unspecified atom stereocenters. The third-order valence-corrected chi connectivity index (χ3v) is 3.05. The number of ether oxygens (including phenoxy) is 1. The second-order valence-electron chi connectivity index (χ2n) is 5.46. The van der Waals surface area contributed by atoms with E-state index < -0.39 is 12.6 Å². The smallest absolute Gasteiger partial charge is 0.341 e. The van der Waals surface area contributed by atoms with Crippen LogP contribution in [0.15, 0.2) is 28.8 Å². The van der Waals surface area contributed by atoms with Crippen molar-refractivity contribution in [2.24, 2.45) is 0 Å². The number of amides is 1. The number of hydrogen-bond acceptors (Lipinski definition) is 6. The van der Waals surface area contributed by atoms with E-state index in [4.69, 9.17) is 14.4 Å². The number of carbonyl (C=O) groups excluding carboxylic acids is 1. The summed E-state index contributed by atoms with van der Waals surface area (Å²) in [5.74, 6) is 0.305. The van der Waals surface area contributed by atoms with E-state index in [0.717, 1.165) is 0 Å². The molecular formula is C16H19N3O5. The van der Waals surface area contributed by atoms with Crippen molar-refractivity contribution in [1.82, 2.24) is 10.1 Å². The summed E-state index contributed by atoms with van der Waals surface area (Å²) in [5.41, 5.74) is 0.524. The standard InChI is InChI=1S/C16H19N3O5/c1-10(2)16-18-14(24-19-16)7-6-13(20)17-11-4-3-5-12(8-11)23-9-15(21)22/h3-5,8,10H,6-7,9H2,1-2H3,(H,17,20)(H,21,22). The van der Waals surface area contributed by atoms with E-state index in [9.17, 15) is 9.59 Å². The largest absolute Gasteiger partial charge is 0.482 e. The number of hydrogen-bond donors (Lipinski definition) is 2. The molecule has 0 bridgehead atoms. The van der Waals surface area contributed by atoms with Crippen LogP contribution in [0, 0.1) is 0 Å². The van der Waals surface area contributed by atoms with Gasteiger partial charge in [-0.15, -0.1) is 0 Å². The van der Waals surface area contributed by atoms with Crippen LogP contribution in [0.25, 0.3) is 0 Å². The molecule has 2 rings (SSSR count). The summed E-state index contributed by atoms with van der Waals surface area (Å²) in [6.07, 6.45) is 0.542. The molecule has 0 saturated carbocycles. The highest BCUT2D eigenvalue weighted by atomic mass is 16.5. The average molecular weight is 333 g/mol. The van der Waals surface area contributed by atoms with Crippen LogP contribution >= 0.6 is 0 Å². The first kappa shape index (κ1) is 17.5. The van der Waals surface area contributed by atoms with Crippen molar-refractivity contribution in [1.29, 1.82) is 0 Å². The lowest BCUT2D eigenvalue weighted by molar-refractivity contribution is -0.139. The van der Waals surface area contributed by atoms with Crippen LogP contribution in [-0.2, 0) is 16.0 Å². The summed E-state index contributed by atoms with van der Waals surface area (Å²) in [7, 11) is 0. The number of aryl methyl sites for hydroxylation is 1. The molecule has 0 fully saturated rings. The van der Waals surface area contributed by atoms with Gasteiger partial charge in [0, 0.05) is 30.5 Å². The quantitative estimate of drug-likeness (QED) is 0.761. The van der Waals surface area contributed by atoms with Gasteiger partial charge in [0.1, 0.15) is 5.75 Å². The predicted octanol–water partition coefficient (Wildman–Crippen LogP) is 2.23. The zero-order valence-corrected chi connectivity index (χ0v) is 13.5. The Hall–Kier alpha value is -2.90. The number of anilines is 1. The van der Waals surface area contributed by atoms with Crippen LogP contribution in [0.3, 0.4) is 0 Å². The van der Waals surface area contributed by atoms with Crippen LogP contribution in [0.1, 0.15) is 37.9 Å². The Morgan fingerprint density at radius 3 is 2.83 bits per heavy atom. The van der Waals surface area contributed by atoms with Crippen LogP contribution in [0.2, 0.25) is 0 Å².